The van der Waals surface area contributed by atoms with E-state index in [0.29, 0.717) is 13.8 Å². The number of nitrogens with two attached hydrogens (primary N) is 1. The topological polar surface area (TPSA) is 74.0 Å². The van der Waals surface area contributed by atoms with E-state index < -0.39 is 115 Å². The van der Waals surface area contributed by atoms with Gasteiger partial charge in [-0.2, -0.15) is 0 Å². The van der Waals surface area contributed by atoms with Crippen LogP contribution in [0.25, 0.3) is 0 Å². The Morgan fingerprint density at radius 3 is 2.61 bits per heavy atom. The van der Waals surface area contributed by atoms with Crippen molar-refractivity contribution in [3.63, 3.8) is 0 Å². The van der Waals surface area contributed by atoms with Crippen molar-refractivity contribution in [3.8, 4) is 11.5 Å². The maximum atomic E-state index is 13.4. The number of benzene rings is 1. The molecule has 174 valence electrons. The summed E-state index contributed by atoms with van der Waals surface area (Å²) in [5, 5.41) is 0. The Kier molecular flexibility index (Phi) is 3.29. The lowest BCUT2D eigenvalue weighted by molar-refractivity contribution is -0.162. The highest BCUT2D eigenvalue weighted by Crippen LogP contribution is 2.45. The molecule has 3 rings (SSSR count). The van der Waals surface area contributed by atoms with E-state index in [4.69, 9.17) is 33.7 Å². The SMILES string of the molecule is [2H]c1c(OC)c(OC)c([2H])c2c1C1N(C([2H])([2H])C2([2H])[2H])C([2H])([2H])C([2H])(C([2H])(C)C([2H])(C)C([2H])([2H])[2H])C(OC(=O)[C@@H](N)C(C)C)C1([2H])[2H]. The summed E-state index contributed by atoms with van der Waals surface area (Å²) in [5.41, 5.74) is 4.25. The minimum atomic E-state index is -3.86. The van der Waals surface area contributed by atoms with Gasteiger partial charge in [0.05, 0.1) is 17.0 Å². The second-order valence-corrected chi connectivity index (χ2v) is 7.64. The van der Waals surface area contributed by atoms with Crippen molar-refractivity contribution in [1.82, 2.24) is 4.90 Å². The van der Waals surface area contributed by atoms with Crippen molar-refractivity contribution < 1.29 is 40.9 Å². The van der Waals surface area contributed by atoms with Gasteiger partial charge in [0.1, 0.15) is 12.1 Å². The molecular weight excluding hydrogens is 392 g/mol. The molecular formula is C25H40N2O4. The van der Waals surface area contributed by atoms with Crippen molar-refractivity contribution >= 4 is 5.97 Å². The summed E-state index contributed by atoms with van der Waals surface area (Å²) in [4.78, 5) is 13.3. The predicted molar refractivity (Wildman–Crippen MR) is 122 cm³/mol. The van der Waals surface area contributed by atoms with Crippen LogP contribution in [0.5, 0.6) is 11.5 Å². The van der Waals surface area contributed by atoms with E-state index in [1.807, 2.05) is 0 Å². The molecule has 6 atom stereocenters. The zero-order valence-electron chi connectivity index (χ0n) is 34.5. The Morgan fingerprint density at radius 1 is 1.32 bits per heavy atom. The molecule has 0 saturated carbocycles. The molecule has 31 heavy (non-hydrogen) atoms. The maximum absolute atomic E-state index is 13.4. The molecule has 2 N–H and O–H groups in total. The number of fused-ring (bicyclic) bond motifs is 3. The van der Waals surface area contributed by atoms with Gasteiger partial charge in [0.15, 0.2) is 11.5 Å². The second kappa shape index (κ2) is 9.78. The normalized spacial score (nSPS) is 45.3. The highest BCUT2D eigenvalue weighted by molar-refractivity contribution is 5.76. The van der Waals surface area contributed by atoms with E-state index in [9.17, 15) is 13.0 Å². The Morgan fingerprint density at radius 2 is 2.00 bits per heavy atom. The minimum absolute atomic E-state index is 0.0478. The third-order valence-electron chi connectivity index (χ3n) is 5.21. The number of hydrogen-bond donors (Lipinski definition) is 1. The Bertz CT molecular complexity index is 1430. The average Bonchev–Trinajstić information content (AvgIpc) is 2.91. The first-order valence-electron chi connectivity index (χ1n) is 17.8. The van der Waals surface area contributed by atoms with Crippen molar-refractivity contribution in [3.05, 3.63) is 23.2 Å². The van der Waals surface area contributed by atoms with Crippen LogP contribution in [0.3, 0.4) is 0 Å². The van der Waals surface area contributed by atoms with Crippen LogP contribution in [0.4, 0.5) is 0 Å². The van der Waals surface area contributed by atoms with Crippen molar-refractivity contribution in [2.45, 2.75) is 65.5 Å². The van der Waals surface area contributed by atoms with E-state index >= 15 is 0 Å². The Labute approximate surface area is 209 Å². The van der Waals surface area contributed by atoms with Crippen LogP contribution in [-0.4, -0.2) is 50.2 Å². The van der Waals surface area contributed by atoms with E-state index in [2.05, 4.69) is 0 Å². The summed E-state index contributed by atoms with van der Waals surface area (Å²) in [5.74, 6) is -13.2. The molecule has 1 saturated heterocycles. The zero-order chi connectivity index (χ0) is 37.0. The molecule has 1 aromatic carbocycles. The lowest BCUT2D eigenvalue weighted by Crippen LogP contribution is -2.52. The van der Waals surface area contributed by atoms with Crippen molar-refractivity contribution in [1.29, 1.82) is 0 Å². The standard InChI is InChI=1S/C25H40N2O4/c1-14(2)16(5)19-13-27-9-8-17-10-22(29-6)23(30-7)11-18(17)20(27)12-21(19)31-25(28)24(26)15(3)4/h10-11,14-16,19-21,24H,8-9,12-13,26H2,1-7H3/t16?,19?,20?,21?,24-/m0/s1/i1D3,8D2,9D2,10D,11D,12D2,13D2,14D,16D,19D/t14?,16?,19?,20?,21?,24-. The molecule has 2 aliphatic heterocycles. The number of nitrogens with zero attached hydrogens (tertiary/aromatic N) is 1. The fourth-order valence-corrected chi connectivity index (χ4v) is 3.09. The van der Waals surface area contributed by atoms with Gasteiger partial charge >= 0.3 is 5.97 Å². The van der Waals surface area contributed by atoms with Gasteiger partial charge in [-0.3, -0.25) is 9.69 Å². The van der Waals surface area contributed by atoms with Crippen molar-refractivity contribution in [2.24, 2.45) is 29.3 Å². The van der Waals surface area contributed by atoms with E-state index in [0.717, 1.165) is 14.2 Å². The summed E-state index contributed by atoms with van der Waals surface area (Å²) < 4.78 is 158. The molecule has 6 nitrogen and oxygen atoms in total. The summed E-state index contributed by atoms with van der Waals surface area (Å²) in [6, 6.07) is -5.68. The monoisotopic (exact) mass is 448 g/mol. The number of carbonyl (C=O) groups excluding carboxylic acids is 1. The first-order valence-corrected chi connectivity index (χ1v) is 9.84. The number of esters is 1. The van der Waals surface area contributed by atoms with Gasteiger partial charge in [-0.25, -0.2) is 0 Å². The number of methoxy groups -OCH3 is 2. The molecule has 0 amide bonds. The van der Waals surface area contributed by atoms with Crippen LogP contribution >= 0.6 is 0 Å². The Hall–Kier alpha value is -1.79. The summed E-state index contributed by atoms with van der Waals surface area (Å²) >= 11 is 0. The molecule has 0 bridgehead atoms. The minimum Gasteiger partial charge on any atom is -0.493 e. The molecule has 5 unspecified atom stereocenters. The summed E-state index contributed by atoms with van der Waals surface area (Å²) in [7, 11) is 2.13. The average molecular weight is 449 g/mol. The lowest BCUT2D eigenvalue weighted by Gasteiger charge is -2.49. The Balaban J connectivity index is 2.66. The second-order valence-electron chi connectivity index (χ2n) is 7.64. The van der Waals surface area contributed by atoms with Crippen LogP contribution < -0.4 is 15.2 Å². The zero-order valence-corrected chi connectivity index (χ0v) is 18.5. The molecule has 0 radical (unpaired) electrons. The van der Waals surface area contributed by atoms with Crippen LogP contribution in [0, 0.1) is 23.6 Å². The van der Waals surface area contributed by atoms with Crippen LogP contribution in [0.1, 0.15) is 80.0 Å². The van der Waals surface area contributed by atoms with Crippen molar-refractivity contribution in [2.75, 3.05) is 27.2 Å². The highest BCUT2D eigenvalue weighted by Gasteiger charge is 2.44. The maximum Gasteiger partial charge on any atom is 0.323 e. The molecule has 0 aromatic heterocycles. The van der Waals surface area contributed by atoms with Gasteiger partial charge in [-0.05, 0) is 47.3 Å². The number of rotatable bonds is 7. The molecule has 6 heteroatoms. The highest BCUT2D eigenvalue weighted by atomic mass is 16.5. The van der Waals surface area contributed by atoms with Gasteiger partial charge < -0.3 is 19.9 Å². The molecule has 1 aromatic rings. The smallest absolute Gasteiger partial charge is 0.323 e. The van der Waals surface area contributed by atoms with Gasteiger partial charge in [0.25, 0.3) is 0 Å². The van der Waals surface area contributed by atoms with Crippen LogP contribution in [0.15, 0.2) is 12.1 Å². The van der Waals surface area contributed by atoms with Gasteiger partial charge in [0.2, 0.25) is 0 Å². The number of ether oxygens (including phenoxy) is 3. The van der Waals surface area contributed by atoms with Gasteiger partial charge in [-0.15, -0.1) is 0 Å². The van der Waals surface area contributed by atoms with E-state index in [1.54, 1.807) is 0 Å². The fourth-order valence-electron chi connectivity index (χ4n) is 3.09. The number of carbonyl (C=O) groups is 1. The van der Waals surface area contributed by atoms with Crippen LogP contribution in [-0.2, 0) is 15.9 Å². The molecule has 0 aliphatic carbocycles. The third-order valence-corrected chi connectivity index (χ3v) is 5.21. The number of hydrogen-bond acceptors (Lipinski definition) is 6. The summed E-state index contributed by atoms with van der Waals surface area (Å²) in [6.45, 7) is -6.69. The van der Waals surface area contributed by atoms with Gasteiger partial charge in [0, 0.05) is 50.5 Å². The number of piperidine rings is 1. The quantitative estimate of drug-likeness (QED) is 0.640. The molecule has 1 fully saturated rings. The predicted octanol–water partition coefficient (Wildman–Crippen LogP) is 3.81. The summed E-state index contributed by atoms with van der Waals surface area (Å²) in [6.07, 6.45) is -9.79. The molecule has 2 aliphatic rings. The third kappa shape index (κ3) is 4.85. The van der Waals surface area contributed by atoms with E-state index in [-0.39, 0.29) is 4.90 Å². The first-order chi connectivity index (χ1) is 20.8. The molecule has 0 spiro atoms. The van der Waals surface area contributed by atoms with Crippen LogP contribution in [0.2, 0.25) is 0 Å². The van der Waals surface area contributed by atoms with E-state index in [1.165, 1.54) is 13.8 Å². The van der Waals surface area contributed by atoms with Gasteiger partial charge in [-0.1, -0.05) is 34.5 Å². The lowest BCUT2D eigenvalue weighted by atomic mass is 9.74. The largest absolute Gasteiger partial charge is 0.493 e. The fraction of sp³-hybridized carbons (Fsp3) is 0.720. The first kappa shape index (κ1) is 10.4. The molecule has 2 heterocycles.